The SMILES string of the molecule is CN1c2ccccc2C2(CCCCC2)c2cc(C3CCCCC3)ccc21. The Hall–Kier alpha value is -1.76. The van der Waals surface area contributed by atoms with Crippen LogP contribution in [-0.2, 0) is 5.41 Å². The Morgan fingerprint density at radius 1 is 0.769 bits per heavy atom. The van der Waals surface area contributed by atoms with Crippen LogP contribution in [0, 0.1) is 0 Å². The van der Waals surface area contributed by atoms with E-state index in [2.05, 4.69) is 54.4 Å². The summed E-state index contributed by atoms with van der Waals surface area (Å²) in [4.78, 5) is 2.44. The van der Waals surface area contributed by atoms with Gasteiger partial charge < -0.3 is 4.90 Å². The van der Waals surface area contributed by atoms with Gasteiger partial charge in [0.2, 0.25) is 0 Å². The molecule has 2 aromatic carbocycles. The molecule has 1 heterocycles. The molecule has 2 saturated carbocycles. The fourth-order valence-corrected chi connectivity index (χ4v) is 6.06. The van der Waals surface area contributed by atoms with E-state index in [4.69, 9.17) is 0 Å². The number of rotatable bonds is 1. The van der Waals surface area contributed by atoms with Crippen LogP contribution in [0.4, 0.5) is 11.4 Å². The van der Waals surface area contributed by atoms with Gasteiger partial charge in [-0.25, -0.2) is 0 Å². The van der Waals surface area contributed by atoms with E-state index in [1.165, 1.54) is 75.6 Å². The normalized spacial score (nSPS) is 22.1. The van der Waals surface area contributed by atoms with Gasteiger partial charge in [0.25, 0.3) is 0 Å². The van der Waals surface area contributed by atoms with Crippen LogP contribution in [0.5, 0.6) is 0 Å². The van der Waals surface area contributed by atoms with Gasteiger partial charge in [0.15, 0.2) is 0 Å². The first kappa shape index (κ1) is 16.4. The molecular weight excluding hydrogens is 314 g/mol. The maximum Gasteiger partial charge on any atom is 0.0450 e. The highest BCUT2D eigenvalue weighted by atomic mass is 15.1. The van der Waals surface area contributed by atoms with Crippen molar-refractivity contribution >= 4 is 11.4 Å². The van der Waals surface area contributed by atoms with Gasteiger partial charge in [-0.05, 0) is 60.4 Å². The molecule has 136 valence electrons. The van der Waals surface area contributed by atoms with Gasteiger partial charge >= 0.3 is 0 Å². The number of hydrogen-bond donors (Lipinski definition) is 0. The van der Waals surface area contributed by atoms with Crippen molar-refractivity contribution in [3.05, 3.63) is 59.2 Å². The second-order valence-corrected chi connectivity index (χ2v) is 8.83. The third-order valence-electron chi connectivity index (χ3n) is 7.46. The maximum absolute atomic E-state index is 2.63. The monoisotopic (exact) mass is 345 g/mol. The second-order valence-electron chi connectivity index (χ2n) is 8.83. The Balaban J connectivity index is 1.67. The molecule has 0 aromatic heterocycles. The molecule has 2 aliphatic carbocycles. The molecule has 1 spiro atoms. The second kappa shape index (κ2) is 6.44. The van der Waals surface area contributed by atoms with Crippen molar-refractivity contribution in [1.82, 2.24) is 0 Å². The summed E-state index contributed by atoms with van der Waals surface area (Å²) in [5.74, 6) is 0.789. The summed E-state index contributed by atoms with van der Waals surface area (Å²) in [7, 11) is 2.26. The quantitative estimate of drug-likeness (QED) is 0.534. The minimum Gasteiger partial charge on any atom is -0.344 e. The van der Waals surface area contributed by atoms with E-state index >= 15 is 0 Å². The van der Waals surface area contributed by atoms with Gasteiger partial charge in [0.1, 0.15) is 0 Å². The predicted molar refractivity (Wildman–Crippen MR) is 111 cm³/mol. The van der Waals surface area contributed by atoms with Gasteiger partial charge in [0.05, 0.1) is 0 Å². The molecule has 26 heavy (non-hydrogen) atoms. The molecular formula is C25H31N. The van der Waals surface area contributed by atoms with Crippen LogP contribution in [0.15, 0.2) is 42.5 Å². The number of benzene rings is 2. The van der Waals surface area contributed by atoms with Crippen molar-refractivity contribution in [1.29, 1.82) is 0 Å². The van der Waals surface area contributed by atoms with Crippen molar-refractivity contribution in [2.75, 3.05) is 11.9 Å². The number of nitrogens with zero attached hydrogens (tertiary/aromatic N) is 1. The molecule has 1 nitrogen and oxygen atoms in total. The summed E-state index contributed by atoms with van der Waals surface area (Å²) in [5.41, 5.74) is 7.94. The Morgan fingerprint density at radius 2 is 1.46 bits per heavy atom. The topological polar surface area (TPSA) is 3.24 Å². The summed E-state index contributed by atoms with van der Waals surface area (Å²) in [6.07, 6.45) is 13.8. The van der Waals surface area contributed by atoms with Gasteiger partial charge in [-0.3, -0.25) is 0 Å². The summed E-state index contributed by atoms with van der Waals surface area (Å²) < 4.78 is 0. The van der Waals surface area contributed by atoms with Crippen molar-refractivity contribution in [2.24, 2.45) is 0 Å². The lowest BCUT2D eigenvalue weighted by Crippen LogP contribution is -2.37. The highest BCUT2D eigenvalue weighted by Crippen LogP contribution is 2.55. The summed E-state index contributed by atoms with van der Waals surface area (Å²) in [5, 5.41) is 0. The zero-order chi connectivity index (χ0) is 17.6. The molecule has 2 fully saturated rings. The van der Waals surface area contributed by atoms with E-state index in [1.54, 1.807) is 16.7 Å². The van der Waals surface area contributed by atoms with Gasteiger partial charge in [0, 0.05) is 23.8 Å². The fraction of sp³-hybridized carbons (Fsp3) is 0.520. The molecule has 0 unspecified atom stereocenters. The molecule has 0 amide bonds. The van der Waals surface area contributed by atoms with E-state index in [0.717, 1.165) is 5.92 Å². The molecule has 3 aliphatic rings. The minimum atomic E-state index is 0.251. The Kier molecular flexibility index (Phi) is 4.07. The van der Waals surface area contributed by atoms with E-state index in [1.807, 2.05) is 0 Å². The fourth-order valence-electron chi connectivity index (χ4n) is 6.06. The van der Waals surface area contributed by atoms with Crippen molar-refractivity contribution < 1.29 is 0 Å². The number of para-hydroxylation sites is 1. The first-order chi connectivity index (χ1) is 12.8. The maximum atomic E-state index is 2.63. The van der Waals surface area contributed by atoms with Crippen molar-refractivity contribution in [2.45, 2.75) is 75.5 Å². The van der Waals surface area contributed by atoms with E-state index in [0.29, 0.717) is 0 Å². The lowest BCUT2D eigenvalue weighted by Gasteiger charge is -2.47. The standard InChI is InChI=1S/C25H31N/c1-26-23-13-7-6-12-21(23)25(16-8-3-9-17-25)22-18-20(14-15-24(22)26)19-10-4-2-5-11-19/h6-7,12-15,18-19H,2-5,8-11,16-17H2,1H3. The molecule has 0 saturated heterocycles. The highest BCUT2D eigenvalue weighted by molar-refractivity contribution is 5.78. The highest BCUT2D eigenvalue weighted by Gasteiger charge is 2.43. The number of hydrogen-bond acceptors (Lipinski definition) is 1. The Bertz CT molecular complexity index is 794. The van der Waals surface area contributed by atoms with Gasteiger partial charge in [-0.2, -0.15) is 0 Å². The van der Waals surface area contributed by atoms with Crippen molar-refractivity contribution in [3.8, 4) is 0 Å². The Labute approximate surface area is 158 Å². The lowest BCUT2D eigenvalue weighted by atomic mass is 9.62. The number of fused-ring (bicyclic) bond motifs is 4. The Morgan fingerprint density at radius 3 is 2.27 bits per heavy atom. The minimum absolute atomic E-state index is 0.251. The van der Waals surface area contributed by atoms with Crippen LogP contribution in [0.1, 0.15) is 86.8 Å². The van der Waals surface area contributed by atoms with Crippen LogP contribution in [0.25, 0.3) is 0 Å². The zero-order valence-electron chi connectivity index (χ0n) is 16.1. The lowest BCUT2D eigenvalue weighted by molar-refractivity contribution is 0.343. The smallest absolute Gasteiger partial charge is 0.0450 e. The third kappa shape index (κ3) is 2.43. The molecule has 5 rings (SSSR count). The molecule has 2 aromatic rings. The average Bonchev–Trinajstić information content (AvgIpc) is 2.73. The first-order valence-corrected chi connectivity index (χ1v) is 10.8. The van der Waals surface area contributed by atoms with E-state index < -0.39 is 0 Å². The molecule has 1 heteroatoms. The summed E-state index contributed by atoms with van der Waals surface area (Å²) >= 11 is 0. The third-order valence-corrected chi connectivity index (χ3v) is 7.46. The molecule has 0 bridgehead atoms. The average molecular weight is 346 g/mol. The van der Waals surface area contributed by atoms with E-state index in [9.17, 15) is 0 Å². The zero-order valence-corrected chi connectivity index (χ0v) is 16.1. The largest absolute Gasteiger partial charge is 0.344 e. The number of anilines is 2. The molecule has 0 radical (unpaired) electrons. The molecule has 0 N–H and O–H groups in total. The van der Waals surface area contributed by atoms with Crippen LogP contribution in [0.2, 0.25) is 0 Å². The summed E-state index contributed by atoms with van der Waals surface area (Å²) in [6.45, 7) is 0. The molecule has 1 aliphatic heterocycles. The van der Waals surface area contributed by atoms with Gasteiger partial charge in [-0.1, -0.05) is 68.9 Å². The van der Waals surface area contributed by atoms with Crippen LogP contribution in [-0.4, -0.2) is 7.05 Å². The predicted octanol–water partition coefficient (Wildman–Crippen LogP) is 7.07. The van der Waals surface area contributed by atoms with Crippen LogP contribution >= 0.6 is 0 Å². The van der Waals surface area contributed by atoms with Crippen LogP contribution < -0.4 is 4.90 Å². The van der Waals surface area contributed by atoms with Crippen LogP contribution in [0.3, 0.4) is 0 Å². The summed E-state index contributed by atoms with van der Waals surface area (Å²) in [6, 6.07) is 16.7. The van der Waals surface area contributed by atoms with Crippen molar-refractivity contribution in [3.63, 3.8) is 0 Å². The van der Waals surface area contributed by atoms with Gasteiger partial charge in [-0.15, -0.1) is 0 Å². The molecule has 0 atom stereocenters. The first-order valence-electron chi connectivity index (χ1n) is 10.8. The van der Waals surface area contributed by atoms with E-state index in [-0.39, 0.29) is 5.41 Å².